The number of methoxy groups -OCH3 is 2. The van der Waals surface area contributed by atoms with Crippen molar-refractivity contribution in [2.45, 2.75) is 6.54 Å². The van der Waals surface area contributed by atoms with E-state index in [2.05, 4.69) is 20.9 Å². The van der Waals surface area contributed by atoms with Crippen molar-refractivity contribution in [3.05, 3.63) is 51.2 Å². The van der Waals surface area contributed by atoms with Gasteiger partial charge in [-0.1, -0.05) is 0 Å². The van der Waals surface area contributed by atoms with Crippen LogP contribution in [0.5, 0.6) is 5.75 Å². The van der Waals surface area contributed by atoms with Crippen molar-refractivity contribution in [1.82, 2.24) is 9.55 Å². The Morgan fingerprint density at radius 2 is 2.00 bits per heavy atom. The Hall–Kier alpha value is -2.38. The summed E-state index contributed by atoms with van der Waals surface area (Å²) in [6, 6.07) is 10.7. The molecule has 0 spiro atoms. The fraction of sp³-hybridized carbons (Fsp3) is 0.222. The second-order valence-electron chi connectivity index (χ2n) is 5.51. The number of benzene rings is 2. The van der Waals surface area contributed by atoms with Crippen LogP contribution in [0.15, 0.2) is 45.7 Å². The van der Waals surface area contributed by atoms with Crippen LogP contribution >= 0.6 is 15.9 Å². The molecule has 2 N–H and O–H groups in total. The number of anilines is 1. The Morgan fingerprint density at radius 1 is 1.20 bits per heavy atom. The highest BCUT2D eigenvalue weighted by atomic mass is 79.9. The summed E-state index contributed by atoms with van der Waals surface area (Å²) in [7, 11) is 3.20. The number of halogens is 1. The summed E-state index contributed by atoms with van der Waals surface area (Å²) in [5.41, 5.74) is 7.62. The third-order valence-electron chi connectivity index (χ3n) is 3.91. The largest absolute Gasteiger partial charge is 0.496 e. The van der Waals surface area contributed by atoms with Crippen LogP contribution in [0.4, 0.5) is 5.69 Å². The quantitative estimate of drug-likeness (QED) is 0.662. The molecule has 7 heteroatoms. The van der Waals surface area contributed by atoms with E-state index in [0.717, 1.165) is 10.0 Å². The second kappa shape index (κ2) is 7.25. The lowest BCUT2D eigenvalue weighted by Crippen LogP contribution is -2.25. The summed E-state index contributed by atoms with van der Waals surface area (Å²) in [5.74, 6) is 1.28. The van der Waals surface area contributed by atoms with E-state index >= 15 is 0 Å². The van der Waals surface area contributed by atoms with Gasteiger partial charge in [-0.2, -0.15) is 0 Å². The molecule has 3 aromatic rings. The molecule has 1 heterocycles. The van der Waals surface area contributed by atoms with Gasteiger partial charge in [0.1, 0.15) is 11.6 Å². The standard InChI is InChI=1S/C18H18BrN3O3/c1-24-8-7-22-17(11-3-6-16(25-2)14(19)9-11)21-15-5-4-12(20)10-13(15)18(22)23/h3-6,9-10H,7-8,20H2,1-2H3. The topological polar surface area (TPSA) is 79.4 Å². The summed E-state index contributed by atoms with van der Waals surface area (Å²) < 4.78 is 12.8. The molecule has 0 bridgehead atoms. The Balaban J connectivity index is 2.26. The molecule has 0 amide bonds. The Morgan fingerprint density at radius 3 is 2.68 bits per heavy atom. The monoisotopic (exact) mass is 403 g/mol. The van der Waals surface area contributed by atoms with Gasteiger partial charge in [0.2, 0.25) is 0 Å². The first kappa shape index (κ1) is 17.4. The number of nitrogen functional groups attached to an aromatic ring is 1. The van der Waals surface area contributed by atoms with Crippen molar-refractivity contribution in [2.75, 3.05) is 26.6 Å². The smallest absolute Gasteiger partial charge is 0.261 e. The zero-order valence-electron chi connectivity index (χ0n) is 14.0. The maximum Gasteiger partial charge on any atom is 0.261 e. The van der Waals surface area contributed by atoms with Crippen LogP contribution in [0.2, 0.25) is 0 Å². The molecule has 0 saturated carbocycles. The van der Waals surface area contributed by atoms with E-state index in [1.54, 1.807) is 37.0 Å². The molecular formula is C18H18BrN3O3. The van der Waals surface area contributed by atoms with Crippen molar-refractivity contribution in [1.29, 1.82) is 0 Å². The number of nitrogens with two attached hydrogens (primary N) is 1. The molecule has 0 unspecified atom stereocenters. The minimum Gasteiger partial charge on any atom is -0.496 e. The first-order chi connectivity index (χ1) is 12.0. The molecule has 0 saturated heterocycles. The van der Waals surface area contributed by atoms with Gasteiger partial charge in [-0.15, -0.1) is 0 Å². The van der Waals surface area contributed by atoms with Crippen molar-refractivity contribution >= 4 is 32.5 Å². The van der Waals surface area contributed by atoms with Gasteiger partial charge in [0.25, 0.3) is 5.56 Å². The first-order valence-corrected chi connectivity index (χ1v) is 8.47. The summed E-state index contributed by atoms with van der Waals surface area (Å²) in [6.07, 6.45) is 0. The number of hydrogen-bond acceptors (Lipinski definition) is 5. The minimum absolute atomic E-state index is 0.142. The van der Waals surface area contributed by atoms with Crippen LogP contribution in [0.3, 0.4) is 0 Å². The highest BCUT2D eigenvalue weighted by molar-refractivity contribution is 9.10. The lowest BCUT2D eigenvalue weighted by Gasteiger charge is -2.14. The average molecular weight is 404 g/mol. The lowest BCUT2D eigenvalue weighted by molar-refractivity contribution is 0.186. The third kappa shape index (κ3) is 3.38. The Labute approximate surface area is 153 Å². The van der Waals surface area contributed by atoms with Gasteiger partial charge in [0.15, 0.2) is 0 Å². The molecule has 0 aliphatic rings. The summed E-state index contributed by atoms with van der Waals surface area (Å²) >= 11 is 3.48. The van der Waals surface area contributed by atoms with Crippen molar-refractivity contribution < 1.29 is 9.47 Å². The fourth-order valence-electron chi connectivity index (χ4n) is 2.65. The summed E-state index contributed by atoms with van der Waals surface area (Å²) in [5, 5.41) is 0.493. The number of rotatable bonds is 5. The zero-order chi connectivity index (χ0) is 18.0. The lowest BCUT2D eigenvalue weighted by atomic mass is 10.1. The fourth-order valence-corrected chi connectivity index (χ4v) is 3.20. The van der Waals surface area contributed by atoms with Gasteiger partial charge < -0.3 is 15.2 Å². The molecule has 130 valence electrons. The summed E-state index contributed by atoms with van der Waals surface area (Å²) in [6.45, 7) is 0.797. The number of nitrogens with zero attached hydrogens (tertiary/aromatic N) is 2. The van der Waals surface area contributed by atoms with E-state index in [1.807, 2.05) is 18.2 Å². The Bertz CT molecular complexity index is 985. The molecule has 0 fully saturated rings. The molecule has 2 aromatic carbocycles. The number of aromatic nitrogens is 2. The normalized spacial score (nSPS) is 11.0. The number of fused-ring (bicyclic) bond motifs is 1. The highest BCUT2D eigenvalue weighted by Crippen LogP contribution is 2.30. The molecule has 0 radical (unpaired) electrons. The van der Waals surface area contributed by atoms with E-state index in [4.69, 9.17) is 15.2 Å². The van der Waals surface area contributed by atoms with Crippen LogP contribution < -0.4 is 16.0 Å². The van der Waals surface area contributed by atoms with Crippen LogP contribution in [-0.2, 0) is 11.3 Å². The average Bonchev–Trinajstić information content (AvgIpc) is 2.61. The van der Waals surface area contributed by atoms with E-state index in [-0.39, 0.29) is 5.56 Å². The van der Waals surface area contributed by atoms with Crippen LogP contribution in [-0.4, -0.2) is 30.4 Å². The molecule has 6 nitrogen and oxygen atoms in total. The molecule has 0 aliphatic carbocycles. The molecular weight excluding hydrogens is 386 g/mol. The third-order valence-corrected chi connectivity index (χ3v) is 4.53. The van der Waals surface area contributed by atoms with Gasteiger partial charge in [-0.25, -0.2) is 4.98 Å². The minimum atomic E-state index is -0.142. The van der Waals surface area contributed by atoms with Crippen LogP contribution in [0.25, 0.3) is 22.3 Å². The van der Waals surface area contributed by atoms with Crippen molar-refractivity contribution in [3.8, 4) is 17.1 Å². The van der Waals surface area contributed by atoms with Crippen LogP contribution in [0.1, 0.15) is 0 Å². The van der Waals surface area contributed by atoms with Gasteiger partial charge in [-0.3, -0.25) is 9.36 Å². The molecule has 0 atom stereocenters. The van der Waals surface area contributed by atoms with E-state index < -0.39 is 0 Å². The molecule has 3 rings (SSSR count). The highest BCUT2D eigenvalue weighted by Gasteiger charge is 2.14. The molecule has 25 heavy (non-hydrogen) atoms. The maximum atomic E-state index is 13.0. The van der Waals surface area contributed by atoms with Gasteiger partial charge >= 0.3 is 0 Å². The summed E-state index contributed by atoms with van der Waals surface area (Å²) in [4.78, 5) is 17.7. The second-order valence-corrected chi connectivity index (χ2v) is 6.37. The SMILES string of the molecule is COCCn1c(-c2ccc(OC)c(Br)c2)nc2ccc(N)cc2c1=O. The zero-order valence-corrected chi connectivity index (χ0v) is 15.5. The van der Waals surface area contributed by atoms with E-state index in [0.29, 0.717) is 41.3 Å². The molecule has 0 aliphatic heterocycles. The number of ether oxygens (including phenoxy) is 2. The maximum absolute atomic E-state index is 13.0. The van der Waals surface area contributed by atoms with Gasteiger partial charge in [0.05, 0.1) is 35.6 Å². The van der Waals surface area contributed by atoms with Crippen molar-refractivity contribution in [3.63, 3.8) is 0 Å². The van der Waals surface area contributed by atoms with Crippen LogP contribution in [0, 0.1) is 0 Å². The van der Waals surface area contributed by atoms with E-state index in [1.165, 1.54) is 0 Å². The number of hydrogen-bond donors (Lipinski definition) is 1. The van der Waals surface area contributed by atoms with E-state index in [9.17, 15) is 4.79 Å². The van der Waals surface area contributed by atoms with Gasteiger partial charge in [-0.05, 0) is 52.3 Å². The predicted octanol–water partition coefficient (Wildman–Crippen LogP) is 3.06. The predicted molar refractivity (Wildman–Crippen MR) is 102 cm³/mol. The van der Waals surface area contributed by atoms with Crippen molar-refractivity contribution in [2.24, 2.45) is 0 Å². The first-order valence-electron chi connectivity index (χ1n) is 7.68. The van der Waals surface area contributed by atoms with Gasteiger partial charge in [0, 0.05) is 18.4 Å². The Kier molecular flexibility index (Phi) is 5.06. The molecule has 1 aromatic heterocycles.